The summed E-state index contributed by atoms with van der Waals surface area (Å²) in [6, 6.07) is 1.63. The fraction of sp³-hybridized carbons (Fsp3) is 0.562. The minimum Gasteiger partial charge on any atom is -0.472 e. The van der Waals surface area contributed by atoms with Gasteiger partial charge in [0.15, 0.2) is 0 Å². The van der Waals surface area contributed by atoms with E-state index >= 15 is 0 Å². The van der Waals surface area contributed by atoms with Crippen molar-refractivity contribution < 1.29 is 14.4 Å². The first-order chi connectivity index (χ1) is 12.5. The molecule has 2 aromatic heterocycles. The number of rotatable bonds is 7. The topological polar surface area (TPSA) is 131 Å². The van der Waals surface area contributed by atoms with Crippen molar-refractivity contribution in [3.05, 3.63) is 33.9 Å². The number of hydrogen-bond acceptors (Lipinski definition) is 8. The lowest BCUT2D eigenvalue weighted by molar-refractivity contribution is -0.386. The number of aromatic nitrogens is 4. The molecule has 26 heavy (non-hydrogen) atoms. The largest absolute Gasteiger partial charge is 0.472 e. The smallest absolute Gasteiger partial charge is 0.352 e. The van der Waals surface area contributed by atoms with Crippen molar-refractivity contribution in [1.82, 2.24) is 19.7 Å². The predicted molar refractivity (Wildman–Crippen MR) is 93.1 cm³/mol. The summed E-state index contributed by atoms with van der Waals surface area (Å²) in [5, 5.41) is 15.8. The van der Waals surface area contributed by atoms with Gasteiger partial charge in [-0.3, -0.25) is 14.8 Å². The first kappa shape index (κ1) is 18.1. The van der Waals surface area contributed by atoms with Crippen molar-refractivity contribution in [2.75, 3.05) is 25.6 Å². The number of nitrogen functional groups attached to an aromatic ring is 1. The summed E-state index contributed by atoms with van der Waals surface area (Å²) in [6.07, 6.45) is 2.97. The maximum atomic E-state index is 11.4. The van der Waals surface area contributed by atoms with E-state index in [1.54, 1.807) is 23.9 Å². The molecule has 0 aliphatic carbocycles. The lowest BCUT2D eigenvalue weighted by Crippen LogP contribution is -2.12. The molecule has 10 heteroatoms. The van der Waals surface area contributed by atoms with Gasteiger partial charge in [0.1, 0.15) is 17.3 Å². The number of ether oxygens (including phenoxy) is 2. The Morgan fingerprint density at radius 3 is 3.04 bits per heavy atom. The molecular formula is C16H22N6O4. The third kappa shape index (κ3) is 3.74. The Hall–Kier alpha value is -2.75. The summed E-state index contributed by atoms with van der Waals surface area (Å²) in [5.74, 6) is 1.07. The molecule has 2 N–H and O–H groups in total. The molecule has 140 valence electrons. The molecule has 3 heterocycles. The van der Waals surface area contributed by atoms with E-state index in [9.17, 15) is 10.1 Å². The Morgan fingerprint density at radius 2 is 2.38 bits per heavy atom. The van der Waals surface area contributed by atoms with E-state index in [-0.39, 0.29) is 30.1 Å². The molecule has 1 fully saturated rings. The van der Waals surface area contributed by atoms with Gasteiger partial charge < -0.3 is 15.2 Å². The zero-order chi connectivity index (χ0) is 18.7. The Labute approximate surface area is 150 Å². The normalized spacial score (nSPS) is 18.0. The van der Waals surface area contributed by atoms with Crippen LogP contribution in [0.5, 0.6) is 5.88 Å². The van der Waals surface area contributed by atoms with Crippen LogP contribution >= 0.6 is 0 Å². The van der Waals surface area contributed by atoms with Gasteiger partial charge in [-0.2, -0.15) is 0 Å². The minimum atomic E-state index is -0.450. The van der Waals surface area contributed by atoms with Crippen molar-refractivity contribution in [2.45, 2.75) is 38.6 Å². The monoisotopic (exact) mass is 362 g/mol. The summed E-state index contributed by atoms with van der Waals surface area (Å²) < 4.78 is 12.6. The van der Waals surface area contributed by atoms with Gasteiger partial charge in [-0.15, -0.1) is 5.10 Å². The second-order valence-corrected chi connectivity index (χ2v) is 6.34. The highest BCUT2D eigenvalue weighted by molar-refractivity contribution is 5.45. The van der Waals surface area contributed by atoms with E-state index in [4.69, 9.17) is 15.2 Å². The highest BCUT2D eigenvalue weighted by Gasteiger charge is 2.31. The van der Waals surface area contributed by atoms with Gasteiger partial charge in [-0.05, 0) is 25.8 Å². The molecule has 0 amide bonds. The lowest BCUT2D eigenvalue weighted by Gasteiger charge is -2.10. The maximum Gasteiger partial charge on any atom is 0.352 e. The zero-order valence-corrected chi connectivity index (χ0v) is 14.8. The SMILES string of the molecule is Cc1c([N+](=O)[O-])c(OCC[C@@H](C)c2nccc(N)n2)nn1[C@H]1CCOC1. The molecule has 0 spiro atoms. The number of anilines is 1. The molecule has 10 nitrogen and oxygen atoms in total. The van der Waals surface area contributed by atoms with Crippen molar-refractivity contribution in [3.8, 4) is 5.88 Å². The van der Waals surface area contributed by atoms with Crippen LogP contribution in [0.25, 0.3) is 0 Å². The third-order valence-corrected chi connectivity index (χ3v) is 4.45. The van der Waals surface area contributed by atoms with Crippen LogP contribution in [0.3, 0.4) is 0 Å². The second-order valence-electron chi connectivity index (χ2n) is 6.34. The van der Waals surface area contributed by atoms with Crippen molar-refractivity contribution >= 4 is 11.5 Å². The maximum absolute atomic E-state index is 11.4. The van der Waals surface area contributed by atoms with E-state index in [0.29, 0.717) is 37.0 Å². The summed E-state index contributed by atoms with van der Waals surface area (Å²) in [5.41, 5.74) is 6.05. The van der Waals surface area contributed by atoms with Crippen molar-refractivity contribution in [3.63, 3.8) is 0 Å². The van der Waals surface area contributed by atoms with Gasteiger partial charge in [0, 0.05) is 18.7 Å². The third-order valence-electron chi connectivity index (χ3n) is 4.45. The second kappa shape index (κ2) is 7.65. The first-order valence-electron chi connectivity index (χ1n) is 8.49. The first-order valence-corrected chi connectivity index (χ1v) is 8.49. The van der Waals surface area contributed by atoms with Crippen LogP contribution < -0.4 is 10.5 Å². The van der Waals surface area contributed by atoms with Crippen molar-refractivity contribution in [2.24, 2.45) is 0 Å². The van der Waals surface area contributed by atoms with Gasteiger partial charge in [-0.1, -0.05) is 6.92 Å². The minimum absolute atomic E-state index is 0.00368. The number of nitrogens with zero attached hydrogens (tertiary/aromatic N) is 5. The van der Waals surface area contributed by atoms with Crippen LogP contribution in [0.15, 0.2) is 12.3 Å². The van der Waals surface area contributed by atoms with E-state index < -0.39 is 4.92 Å². The highest BCUT2D eigenvalue weighted by Crippen LogP contribution is 2.33. The Bertz CT molecular complexity index is 787. The molecule has 2 aromatic rings. The van der Waals surface area contributed by atoms with Crippen LogP contribution in [0.2, 0.25) is 0 Å². The van der Waals surface area contributed by atoms with E-state index in [1.165, 1.54) is 0 Å². The van der Waals surface area contributed by atoms with Crippen molar-refractivity contribution in [1.29, 1.82) is 0 Å². The fourth-order valence-electron chi connectivity index (χ4n) is 2.95. The summed E-state index contributed by atoms with van der Waals surface area (Å²) in [6.45, 7) is 5.03. The molecule has 0 saturated carbocycles. The van der Waals surface area contributed by atoms with Crippen LogP contribution in [0.4, 0.5) is 11.5 Å². The average Bonchev–Trinajstić information content (AvgIpc) is 3.22. The summed E-state index contributed by atoms with van der Waals surface area (Å²) >= 11 is 0. The fourth-order valence-corrected chi connectivity index (χ4v) is 2.95. The highest BCUT2D eigenvalue weighted by atomic mass is 16.6. The summed E-state index contributed by atoms with van der Waals surface area (Å²) in [7, 11) is 0. The Morgan fingerprint density at radius 1 is 1.58 bits per heavy atom. The molecule has 0 unspecified atom stereocenters. The van der Waals surface area contributed by atoms with Crippen LogP contribution in [0, 0.1) is 17.0 Å². The zero-order valence-electron chi connectivity index (χ0n) is 14.8. The molecule has 1 aliphatic heterocycles. The molecule has 1 aliphatic rings. The van der Waals surface area contributed by atoms with E-state index in [0.717, 1.165) is 6.42 Å². The molecule has 0 bridgehead atoms. The van der Waals surface area contributed by atoms with Crippen LogP contribution in [-0.2, 0) is 4.74 Å². The predicted octanol–water partition coefficient (Wildman–Crippen LogP) is 2.01. The van der Waals surface area contributed by atoms with Gasteiger partial charge in [-0.25, -0.2) is 9.97 Å². The Kier molecular flexibility index (Phi) is 5.31. The molecule has 3 rings (SSSR count). The van der Waals surface area contributed by atoms with E-state index in [1.807, 2.05) is 6.92 Å². The Balaban J connectivity index is 1.69. The number of nitrogens with two attached hydrogens (primary N) is 1. The molecule has 1 saturated heterocycles. The van der Waals surface area contributed by atoms with Gasteiger partial charge in [0.25, 0.3) is 0 Å². The lowest BCUT2D eigenvalue weighted by atomic mass is 10.1. The van der Waals surface area contributed by atoms with Gasteiger partial charge >= 0.3 is 11.6 Å². The molecule has 0 radical (unpaired) electrons. The molecular weight excluding hydrogens is 340 g/mol. The average molecular weight is 362 g/mol. The van der Waals surface area contributed by atoms with Gasteiger partial charge in [0.2, 0.25) is 0 Å². The summed E-state index contributed by atoms with van der Waals surface area (Å²) in [4.78, 5) is 19.4. The molecule has 0 aromatic carbocycles. The van der Waals surface area contributed by atoms with Crippen LogP contribution in [-0.4, -0.2) is 44.5 Å². The number of hydrogen-bond donors (Lipinski definition) is 1. The quantitative estimate of drug-likeness (QED) is 0.584. The van der Waals surface area contributed by atoms with E-state index in [2.05, 4.69) is 15.1 Å². The number of nitro groups is 1. The van der Waals surface area contributed by atoms with Crippen LogP contribution in [0.1, 0.15) is 43.2 Å². The van der Waals surface area contributed by atoms with Gasteiger partial charge in [0.05, 0.1) is 24.2 Å². The standard InChI is InChI=1S/C16H22N6O4/c1-10(15-18-6-3-13(17)19-15)4-8-26-16-14(22(23)24)11(2)21(20-16)12-5-7-25-9-12/h3,6,10,12H,4-5,7-9H2,1-2H3,(H2,17,18,19)/t10-,12+/m1/s1. The molecule has 2 atom stereocenters.